The summed E-state index contributed by atoms with van der Waals surface area (Å²) in [5, 5.41) is 13.1. The number of nitrogens with one attached hydrogen (secondary N) is 3. The highest BCUT2D eigenvalue weighted by Crippen LogP contribution is 2.29. The summed E-state index contributed by atoms with van der Waals surface area (Å²) >= 11 is 0. The lowest BCUT2D eigenvalue weighted by atomic mass is 9.99. The topological polar surface area (TPSA) is 119 Å². The first-order chi connectivity index (χ1) is 16.9. The lowest BCUT2D eigenvalue weighted by Crippen LogP contribution is -2.25. The molecule has 3 heterocycles. The number of rotatable bonds is 4. The molecule has 0 saturated carbocycles. The third-order valence-corrected chi connectivity index (χ3v) is 5.92. The average Bonchev–Trinajstić information content (AvgIpc) is 3.18. The number of urea groups is 1. The molecule has 0 fully saturated rings. The second-order valence-electron chi connectivity index (χ2n) is 9.60. The van der Waals surface area contributed by atoms with Gasteiger partial charge in [-0.05, 0) is 63.9 Å². The van der Waals surface area contributed by atoms with Crippen LogP contribution in [-0.2, 0) is 12.6 Å². The van der Waals surface area contributed by atoms with Gasteiger partial charge in [0, 0.05) is 31.2 Å². The van der Waals surface area contributed by atoms with Crippen LogP contribution in [0.15, 0.2) is 35.4 Å². The molecule has 0 aliphatic carbocycles. The molecular weight excluding hydrogens is 463 g/mol. The number of carbonyl (C=O) groups is 1. The van der Waals surface area contributed by atoms with Crippen LogP contribution in [0.25, 0.3) is 22.2 Å². The van der Waals surface area contributed by atoms with E-state index >= 15 is 0 Å². The van der Waals surface area contributed by atoms with Gasteiger partial charge < -0.3 is 16.0 Å². The molecule has 0 spiro atoms. The number of hydrogen-bond donors (Lipinski definition) is 3. The van der Waals surface area contributed by atoms with Gasteiger partial charge in [-0.2, -0.15) is 10.1 Å². The zero-order valence-corrected chi connectivity index (χ0v) is 21.3. The predicted octanol–water partition coefficient (Wildman–Crippen LogP) is 4.39. The summed E-state index contributed by atoms with van der Waals surface area (Å²) in [6.45, 7) is 9.56. The third kappa shape index (κ3) is 4.51. The molecule has 0 aliphatic rings. The van der Waals surface area contributed by atoms with Gasteiger partial charge in [-0.3, -0.25) is 14.0 Å². The number of carbonyl (C=O) groups excluding carboxylic acids is 1. The fourth-order valence-corrected chi connectivity index (χ4v) is 4.10. The fourth-order valence-electron chi connectivity index (χ4n) is 4.10. The molecule has 0 radical (unpaired) electrons. The molecule has 2 amide bonds. The summed E-state index contributed by atoms with van der Waals surface area (Å²) < 4.78 is 18.1. The van der Waals surface area contributed by atoms with Crippen LogP contribution in [-0.4, -0.2) is 37.4 Å². The van der Waals surface area contributed by atoms with Crippen LogP contribution in [0.2, 0.25) is 0 Å². The molecule has 0 saturated heterocycles. The van der Waals surface area contributed by atoms with Gasteiger partial charge in [0.05, 0.1) is 28.8 Å². The minimum absolute atomic E-state index is 0.0575. The summed E-state index contributed by atoms with van der Waals surface area (Å²) in [6, 6.07) is 3.80. The molecule has 0 atom stereocenters. The molecule has 0 aliphatic heterocycles. The molecule has 1 aromatic carbocycles. The van der Waals surface area contributed by atoms with Crippen molar-refractivity contribution in [2.24, 2.45) is 7.05 Å². The number of halogens is 1. The second kappa shape index (κ2) is 9.06. The number of hydrogen-bond acceptors (Lipinski definition) is 6. The van der Waals surface area contributed by atoms with E-state index in [4.69, 9.17) is 0 Å². The quantitative estimate of drug-likeness (QED) is 0.389. The van der Waals surface area contributed by atoms with E-state index in [1.165, 1.54) is 16.7 Å². The highest BCUT2D eigenvalue weighted by atomic mass is 19.1. The number of pyridine rings is 1. The van der Waals surface area contributed by atoms with E-state index in [-0.39, 0.29) is 16.8 Å². The molecule has 11 heteroatoms. The van der Waals surface area contributed by atoms with Crippen LogP contribution in [0.4, 0.5) is 26.5 Å². The van der Waals surface area contributed by atoms with Crippen LogP contribution in [0.5, 0.6) is 0 Å². The molecule has 188 valence electrons. The summed E-state index contributed by atoms with van der Waals surface area (Å²) in [5.74, 6) is -0.225. The maximum atomic E-state index is 14.8. The van der Waals surface area contributed by atoms with E-state index < -0.39 is 11.8 Å². The van der Waals surface area contributed by atoms with Gasteiger partial charge >= 0.3 is 6.03 Å². The van der Waals surface area contributed by atoms with Gasteiger partial charge in [-0.15, -0.1) is 0 Å². The van der Waals surface area contributed by atoms with Crippen molar-refractivity contribution in [3.05, 3.63) is 58.0 Å². The Morgan fingerprint density at radius 2 is 1.72 bits per heavy atom. The molecule has 36 heavy (non-hydrogen) atoms. The van der Waals surface area contributed by atoms with Crippen LogP contribution in [0.1, 0.15) is 32.0 Å². The van der Waals surface area contributed by atoms with Crippen molar-refractivity contribution >= 4 is 34.4 Å². The summed E-state index contributed by atoms with van der Waals surface area (Å²) in [4.78, 5) is 34.5. The van der Waals surface area contributed by atoms with Gasteiger partial charge in [0.1, 0.15) is 11.5 Å². The highest BCUT2D eigenvalue weighted by Gasteiger charge is 2.20. The van der Waals surface area contributed by atoms with Crippen molar-refractivity contribution in [2.45, 2.75) is 40.2 Å². The second-order valence-corrected chi connectivity index (χ2v) is 9.60. The predicted molar refractivity (Wildman–Crippen MR) is 139 cm³/mol. The molecule has 0 unspecified atom stereocenters. The van der Waals surface area contributed by atoms with E-state index in [0.717, 1.165) is 5.69 Å². The number of aromatic nitrogens is 5. The lowest BCUT2D eigenvalue weighted by Gasteiger charge is -2.21. The van der Waals surface area contributed by atoms with Gasteiger partial charge in [-0.1, -0.05) is 0 Å². The standard InChI is InChI=1S/C25H29FN8O2/c1-13-8-18(26)19(30-24(36)31-20-12-29-34(14(20)2)25(3,4)5)10-16(13)17-9-15-11-28-23(27-6)32-21(15)33(7)22(17)35/h8-12H,1-7H3,(H,27,28,32)(H2,30,31,36). The summed E-state index contributed by atoms with van der Waals surface area (Å²) in [5.41, 5.74) is 2.50. The number of anilines is 3. The first-order valence-corrected chi connectivity index (χ1v) is 11.4. The van der Waals surface area contributed by atoms with Crippen LogP contribution >= 0.6 is 0 Å². The van der Waals surface area contributed by atoms with E-state index in [0.29, 0.717) is 39.4 Å². The molecule has 10 nitrogen and oxygen atoms in total. The summed E-state index contributed by atoms with van der Waals surface area (Å²) in [6.07, 6.45) is 3.17. The van der Waals surface area contributed by atoms with Crippen molar-refractivity contribution in [2.75, 3.05) is 23.0 Å². The van der Waals surface area contributed by atoms with E-state index in [1.54, 1.807) is 44.2 Å². The SMILES string of the molecule is CNc1ncc2cc(-c3cc(NC(=O)Nc4cnn(C(C)(C)C)c4C)c(F)cc3C)c(=O)n(C)c2n1. The van der Waals surface area contributed by atoms with Crippen molar-refractivity contribution in [1.29, 1.82) is 0 Å². The Kier molecular flexibility index (Phi) is 6.25. The normalized spacial score (nSPS) is 11.6. The Morgan fingerprint density at radius 1 is 1.03 bits per heavy atom. The van der Waals surface area contributed by atoms with E-state index in [2.05, 4.69) is 31.0 Å². The van der Waals surface area contributed by atoms with Crippen LogP contribution in [0, 0.1) is 19.7 Å². The largest absolute Gasteiger partial charge is 0.357 e. The van der Waals surface area contributed by atoms with Gasteiger partial charge in [0.15, 0.2) is 0 Å². The molecule has 0 bridgehead atoms. The molecule has 3 aromatic heterocycles. The average molecular weight is 493 g/mol. The van der Waals surface area contributed by atoms with Gasteiger partial charge in [-0.25, -0.2) is 14.2 Å². The maximum Gasteiger partial charge on any atom is 0.323 e. The van der Waals surface area contributed by atoms with E-state index in [1.807, 2.05) is 27.7 Å². The maximum absolute atomic E-state index is 14.8. The molecule has 3 N–H and O–H groups in total. The van der Waals surface area contributed by atoms with Crippen LogP contribution < -0.4 is 21.5 Å². The Morgan fingerprint density at radius 3 is 2.36 bits per heavy atom. The van der Waals surface area contributed by atoms with Crippen molar-refractivity contribution < 1.29 is 9.18 Å². The Bertz CT molecular complexity index is 1550. The van der Waals surface area contributed by atoms with Crippen molar-refractivity contribution in [3.63, 3.8) is 0 Å². The zero-order valence-electron chi connectivity index (χ0n) is 21.3. The Hall–Kier alpha value is -4.28. The number of fused-ring (bicyclic) bond motifs is 1. The first-order valence-electron chi connectivity index (χ1n) is 11.4. The minimum atomic E-state index is -0.625. The molecule has 4 rings (SSSR count). The Labute approximate surface area is 207 Å². The Balaban J connectivity index is 1.69. The number of benzene rings is 1. The fraction of sp³-hybridized carbons (Fsp3) is 0.320. The van der Waals surface area contributed by atoms with Gasteiger partial charge in [0.2, 0.25) is 5.95 Å². The minimum Gasteiger partial charge on any atom is -0.357 e. The zero-order chi connectivity index (χ0) is 26.4. The molecule has 4 aromatic rings. The first kappa shape index (κ1) is 24.8. The van der Waals surface area contributed by atoms with Crippen LogP contribution in [0.3, 0.4) is 0 Å². The highest BCUT2D eigenvalue weighted by molar-refractivity contribution is 6.00. The lowest BCUT2D eigenvalue weighted by molar-refractivity contribution is 0.262. The van der Waals surface area contributed by atoms with Gasteiger partial charge in [0.25, 0.3) is 5.56 Å². The number of amides is 2. The smallest absolute Gasteiger partial charge is 0.323 e. The van der Waals surface area contributed by atoms with Crippen molar-refractivity contribution in [1.82, 2.24) is 24.3 Å². The molecular formula is C25H29FN8O2. The third-order valence-electron chi connectivity index (χ3n) is 5.92. The number of nitrogens with zero attached hydrogens (tertiary/aromatic N) is 5. The van der Waals surface area contributed by atoms with Crippen molar-refractivity contribution in [3.8, 4) is 11.1 Å². The monoisotopic (exact) mass is 492 g/mol. The number of aryl methyl sites for hydroxylation is 2. The van der Waals surface area contributed by atoms with E-state index in [9.17, 15) is 14.0 Å². The summed E-state index contributed by atoms with van der Waals surface area (Å²) in [7, 11) is 3.31.